The molecule has 1 amide bonds. The Morgan fingerprint density at radius 2 is 1.93 bits per heavy atom. The highest BCUT2D eigenvalue weighted by atomic mass is 32.2. The third-order valence-electron chi connectivity index (χ3n) is 5.64. The van der Waals surface area contributed by atoms with Crippen LogP contribution in [-0.2, 0) is 14.8 Å². The van der Waals surface area contributed by atoms with Crippen molar-refractivity contribution >= 4 is 21.6 Å². The van der Waals surface area contributed by atoms with E-state index in [0.717, 1.165) is 18.5 Å². The number of piperazine rings is 1. The van der Waals surface area contributed by atoms with Crippen molar-refractivity contribution < 1.29 is 13.2 Å². The van der Waals surface area contributed by atoms with Crippen molar-refractivity contribution in [2.75, 3.05) is 43.4 Å². The first-order valence-corrected chi connectivity index (χ1v) is 11.1. The smallest absolute Gasteiger partial charge is 0.237 e. The lowest BCUT2D eigenvalue weighted by atomic mass is 9.96. The second kappa shape index (κ2) is 7.77. The molecule has 1 saturated carbocycles. The molecule has 2 aliphatic rings. The first-order chi connectivity index (χ1) is 12.7. The summed E-state index contributed by atoms with van der Waals surface area (Å²) in [5, 5.41) is 2.86. The van der Waals surface area contributed by atoms with Crippen LogP contribution < -0.4 is 16.0 Å². The maximum atomic E-state index is 12.7. The number of carbonyl (C=O) groups is 1. The average Bonchev–Trinajstić information content (AvgIpc) is 3.47. The van der Waals surface area contributed by atoms with Crippen LogP contribution in [0.3, 0.4) is 0 Å². The number of anilines is 1. The van der Waals surface area contributed by atoms with E-state index in [-0.39, 0.29) is 0 Å². The second-order valence-electron chi connectivity index (χ2n) is 7.93. The van der Waals surface area contributed by atoms with Crippen molar-refractivity contribution in [3.8, 4) is 0 Å². The zero-order valence-electron chi connectivity index (χ0n) is 16.1. The van der Waals surface area contributed by atoms with Gasteiger partial charge >= 0.3 is 0 Å². The highest BCUT2D eigenvalue weighted by Crippen LogP contribution is 2.38. The summed E-state index contributed by atoms with van der Waals surface area (Å²) in [6, 6.07) is 8.19. The van der Waals surface area contributed by atoms with Gasteiger partial charge in [-0.1, -0.05) is 12.1 Å². The van der Waals surface area contributed by atoms with E-state index in [0.29, 0.717) is 38.6 Å². The molecule has 27 heavy (non-hydrogen) atoms. The van der Waals surface area contributed by atoms with Crippen molar-refractivity contribution in [2.45, 2.75) is 32.2 Å². The van der Waals surface area contributed by atoms with Gasteiger partial charge in [-0.25, -0.2) is 8.42 Å². The van der Waals surface area contributed by atoms with Crippen molar-refractivity contribution in [1.29, 1.82) is 0 Å². The molecule has 3 rings (SSSR count). The number of amides is 1. The molecular weight excluding hydrogens is 364 g/mol. The number of benzene rings is 1. The van der Waals surface area contributed by atoms with Crippen LogP contribution >= 0.6 is 0 Å². The van der Waals surface area contributed by atoms with E-state index < -0.39 is 27.2 Å². The first-order valence-electron chi connectivity index (χ1n) is 9.54. The summed E-state index contributed by atoms with van der Waals surface area (Å²) in [4.78, 5) is 14.5. The van der Waals surface area contributed by atoms with Gasteiger partial charge in [0.1, 0.15) is 5.75 Å². The minimum absolute atomic E-state index is 0.318. The highest BCUT2D eigenvalue weighted by Gasteiger charge is 2.42. The summed E-state index contributed by atoms with van der Waals surface area (Å²) in [7, 11) is -3.63. The molecule has 1 aliphatic carbocycles. The van der Waals surface area contributed by atoms with Gasteiger partial charge in [-0.3, -0.25) is 4.79 Å². The Balaban J connectivity index is 1.56. The predicted octanol–water partition coefficient (Wildman–Crippen LogP) is 0.690. The van der Waals surface area contributed by atoms with Crippen LogP contribution in [0.15, 0.2) is 24.3 Å². The maximum absolute atomic E-state index is 12.7. The zero-order chi connectivity index (χ0) is 19.7. The van der Waals surface area contributed by atoms with E-state index in [4.69, 9.17) is 5.73 Å². The molecule has 7 nitrogen and oxygen atoms in total. The summed E-state index contributed by atoms with van der Waals surface area (Å²) in [5.41, 5.74) is 7.58. The maximum Gasteiger partial charge on any atom is 0.237 e. The van der Waals surface area contributed by atoms with Crippen LogP contribution in [-0.4, -0.2) is 62.6 Å². The summed E-state index contributed by atoms with van der Waals surface area (Å²) in [6.45, 7) is 6.27. The summed E-state index contributed by atoms with van der Waals surface area (Å²) < 4.78 is 26.8. The van der Waals surface area contributed by atoms with E-state index in [2.05, 4.69) is 16.3 Å². The molecule has 150 valence electrons. The second-order valence-corrected chi connectivity index (χ2v) is 9.89. The Labute approximate surface area is 161 Å². The third kappa shape index (κ3) is 4.80. The quantitative estimate of drug-likeness (QED) is 0.709. The molecule has 3 N–H and O–H groups in total. The molecule has 8 heteroatoms. The van der Waals surface area contributed by atoms with Gasteiger partial charge in [0.05, 0.1) is 5.54 Å². The van der Waals surface area contributed by atoms with Gasteiger partial charge in [0.25, 0.3) is 0 Å². The van der Waals surface area contributed by atoms with Crippen LogP contribution in [0.1, 0.15) is 25.3 Å². The van der Waals surface area contributed by atoms with Gasteiger partial charge in [-0.2, -0.15) is 4.31 Å². The molecule has 0 bridgehead atoms. The van der Waals surface area contributed by atoms with E-state index in [1.165, 1.54) is 9.87 Å². The summed E-state index contributed by atoms with van der Waals surface area (Å²) in [5.74, 6) is -0.622. The fraction of sp³-hybridized carbons (Fsp3) is 0.632. The number of hydrogen-bond donors (Lipinski definition) is 2. The fourth-order valence-corrected chi connectivity index (χ4v) is 5.01. The first kappa shape index (κ1) is 20.1. The summed E-state index contributed by atoms with van der Waals surface area (Å²) in [6.07, 6.45) is 2.06. The van der Waals surface area contributed by atoms with Crippen molar-refractivity contribution in [3.05, 3.63) is 29.8 Å². The SMILES string of the molecule is Cc1cccc(N2CCN(S(=O)(=O)CC(=O)NC(C)(CN)C3CC3)CC2)c1. The lowest BCUT2D eigenvalue weighted by molar-refractivity contribution is -0.120. The van der Waals surface area contributed by atoms with Gasteiger partial charge in [-0.15, -0.1) is 0 Å². The molecule has 0 aromatic heterocycles. The number of nitrogens with one attached hydrogen (secondary N) is 1. The molecule has 0 radical (unpaired) electrons. The number of nitrogens with two attached hydrogens (primary N) is 1. The summed E-state index contributed by atoms with van der Waals surface area (Å²) >= 11 is 0. The van der Waals surface area contributed by atoms with E-state index in [9.17, 15) is 13.2 Å². The molecule has 1 unspecified atom stereocenters. The van der Waals surface area contributed by atoms with Gasteiger partial charge in [0.2, 0.25) is 15.9 Å². The van der Waals surface area contributed by atoms with E-state index >= 15 is 0 Å². The number of sulfonamides is 1. The number of nitrogens with zero attached hydrogens (tertiary/aromatic N) is 2. The molecule has 1 aromatic carbocycles. The Bertz CT molecular complexity index is 786. The third-order valence-corrected chi connectivity index (χ3v) is 7.42. The molecule has 1 heterocycles. The van der Waals surface area contributed by atoms with Crippen molar-refractivity contribution in [3.63, 3.8) is 0 Å². The van der Waals surface area contributed by atoms with Crippen LogP contribution in [0.25, 0.3) is 0 Å². The van der Waals surface area contributed by atoms with Crippen molar-refractivity contribution in [2.24, 2.45) is 11.7 Å². The van der Waals surface area contributed by atoms with E-state index in [1.807, 2.05) is 32.0 Å². The van der Waals surface area contributed by atoms with Crippen LogP contribution in [0.4, 0.5) is 5.69 Å². The van der Waals surface area contributed by atoms with Gasteiger partial charge in [0, 0.05) is 38.4 Å². The van der Waals surface area contributed by atoms with Crippen LogP contribution in [0.5, 0.6) is 0 Å². The zero-order valence-corrected chi connectivity index (χ0v) is 17.0. The molecule has 1 atom stereocenters. The van der Waals surface area contributed by atoms with Gasteiger partial charge in [-0.05, 0) is 50.3 Å². The standard InChI is InChI=1S/C19H30N4O3S/c1-15-4-3-5-17(12-15)22-8-10-23(11-9-22)27(25,26)13-18(24)21-19(2,14-20)16-6-7-16/h3-5,12,16H,6-11,13-14,20H2,1-2H3,(H,21,24). The Morgan fingerprint density at radius 1 is 1.26 bits per heavy atom. The molecule has 2 fully saturated rings. The Kier molecular flexibility index (Phi) is 5.79. The topological polar surface area (TPSA) is 95.7 Å². The van der Waals surface area contributed by atoms with Crippen LogP contribution in [0, 0.1) is 12.8 Å². The molecule has 1 aliphatic heterocycles. The Hall–Kier alpha value is -1.64. The molecule has 1 aromatic rings. The lowest BCUT2D eigenvalue weighted by Gasteiger charge is -2.36. The van der Waals surface area contributed by atoms with Gasteiger partial charge < -0.3 is 16.0 Å². The fourth-order valence-electron chi connectivity index (χ4n) is 3.70. The predicted molar refractivity (Wildman–Crippen MR) is 107 cm³/mol. The molecule has 1 saturated heterocycles. The molecular formula is C19H30N4O3S. The highest BCUT2D eigenvalue weighted by molar-refractivity contribution is 7.89. The van der Waals surface area contributed by atoms with E-state index in [1.54, 1.807) is 0 Å². The van der Waals surface area contributed by atoms with Crippen LogP contribution in [0.2, 0.25) is 0 Å². The Morgan fingerprint density at radius 3 is 2.48 bits per heavy atom. The molecule has 0 spiro atoms. The normalized spacial score (nSPS) is 20.9. The lowest BCUT2D eigenvalue weighted by Crippen LogP contribution is -2.56. The number of aryl methyl sites for hydroxylation is 1. The minimum Gasteiger partial charge on any atom is -0.369 e. The monoisotopic (exact) mass is 394 g/mol. The largest absolute Gasteiger partial charge is 0.369 e. The minimum atomic E-state index is -3.63. The number of rotatable bonds is 7. The average molecular weight is 395 g/mol. The number of carbonyl (C=O) groups excluding carboxylic acids is 1. The van der Waals surface area contributed by atoms with Gasteiger partial charge in [0.15, 0.2) is 0 Å². The number of hydrogen-bond acceptors (Lipinski definition) is 5. The van der Waals surface area contributed by atoms with Crippen molar-refractivity contribution in [1.82, 2.24) is 9.62 Å².